The monoisotopic (exact) mass is 463 g/mol. The molecule has 0 fully saturated rings. The normalized spacial score (nSPS) is 13.6. The predicted octanol–water partition coefficient (Wildman–Crippen LogP) is 6.10. The Balaban J connectivity index is 1.51. The molecule has 3 aromatic rings. The van der Waals surface area contributed by atoms with Gasteiger partial charge >= 0.3 is 0 Å². The molecular formula is C27H33N3O2S. The summed E-state index contributed by atoms with van der Waals surface area (Å²) in [5.74, 6) is 0.859. The second-order valence-electron chi connectivity index (χ2n) is 8.64. The Morgan fingerprint density at radius 3 is 2.67 bits per heavy atom. The number of ether oxygens (including phenoxy) is 1. The van der Waals surface area contributed by atoms with E-state index < -0.39 is 0 Å². The number of nitrogens with one attached hydrogen (secondary N) is 1. The van der Waals surface area contributed by atoms with Crippen LogP contribution in [0, 0.1) is 13.8 Å². The van der Waals surface area contributed by atoms with E-state index in [9.17, 15) is 4.79 Å². The fourth-order valence-electron chi connectivity index (χ4n) is 4.45. The number of hydrogen-bond acceptors (Lipinski definition) is 4. The average molecular weight is 464 g/mol. The topological polar surface area (TPSA) is 56.2 Å². The van der Waals surface area contributed by atoms with Gasteiger partial charge in [-0.25, -0.2) is 4.98 Å². The molecule has 2 heterocycles. The highest BCUT2D eigenvalue weighted by molar-refractivity contribution is 7.09. The Kier molecular flexibility index (Phi) is 7.65. The molecule has 1 aliphatic rings. The van der Waals surface area contributed by atoms with Gasteiger partial charge in [-0.3, -0.25) is 4.79 Å². The summed E-state index contributed by atoms with van der Waals surface area (Å²) in [4.78, 5) is 17.8. The Morgan fingerprint density at radius 1 is 1.18 bits per heavy atom. The van der Waals surface area contributed by atoms with E-state index in [4.69, 9.17) is 9.72 Å². The van der Waals surface area contributed by atoms with Crippen molar-refractivity contribution in [2.45, 2.75) is 58.9 Å². The third-order valence-electron chi connectivity index (χ3n) is 6.39. The first kappa shape index (κ1) is 23.3. The number of aryl methyl sites for hydroxylation is 2. The van der Waals surface area contributed by atoms with Gasteiger partial charge in [0.15, 0.2) is 0 Å². The molecule has 5 nitrogen and oxygen atoms in total. The molecule has 33 heavy (non-hydrogen) atoms. The van der Waals surface area contributed by atoms with Crippen LogP contribution in [0.15, 0.2) is 47.4 Å². The van der Waals surface area contributed by atoms with E-state index in [0.717, 1.165) is 52.8 Å². The first-order valence-corrected chi connectivity index (χ1v) is 12.6. The van der Waals surface area contributed by atoms with Gasteiger partial charge in [0.1, 0.15) is 5.75 Å². The van der Waals surface area contributed by atoms with E-state index in [1.807, 2.05) is 32.0 Å². The number of amides is 1. The number of methoxy groups -OCH3 is 1. The second kappa shape index (κ2) is 10.8. The van der Waals surface area contributed by atoms with Crippen LogP contribution in [0.3, 0.4) is 0 Å². The van der Waals surface area contributed by atoms with Crippen LogP contribution in [0.2, 0.25) is 0 Å². The Morgan fingerprint density at radius 2 is 2.00 bits per heavy atom. The molecule has 2 aromatic heterocycles. The summed E-state index contributed by atoms with van der Waals surface area (Å²) in [6.45, 7) is 5.52. The highest BCUT2D eigenvalue weighted by atomic mass is 32.1. The summed E-state index contributed by atoms with van der Waals surface area (Å²) in [5.41, 5.74) is 6.37. The molecule has 0 bridgehead atoms. The van der Waals surface area contributed by atoms with E-state index in [2.05, 4.69) is 33.5 Å². The molecule has 1 N–H and O–H groups in total. The van der Waals surface area contributed by atoms with Gasteiger partial charge < -0.3 is 14.6 Å². The van der Waals surface area contributed by atoms with E-state index in [0.29, 0.717) is 6.54 Å². The van der Waals surface area contributed by atoms with E-state index >= 15 is 0 Å². The van der Waals surface area contributed by atoms with Gasteiger partial charge in [0, 0.05) is 24.2 Å². The van der Waals surface area contributed by atoms with Crippen molar-refractivity contribution < 1.29 is 9.53 Å². The quantitative estimate of drug-likeness (QED) is 0.390. The Labute approximate surface area is 200 Å². The van der Waals surface area contributed by atoms with Crippen LogP contribution in [0.25, 0.3) is 11.4 Å². The highest BCUT2D eigenvalue weighted by Gasteiger charge is 2.20. The summed E-state index contributed by atoms with van der Waals surface area (Å²) < 4.78 is 7.50. The smallest absolute Gasteiger partial charge is 0.253 e. The average Bonchev–Trinajstić information content (AvgIpc) is 3.41. The van der Waals surface area contributed by atoms with Gasteiger partial charge in [-0.1, -0.05) is 23.8 Å². The molecule has 0 unspecified atom stereocenters. The maximum atomic E-state index is 13.1. The maximum Gasteiger partial charge on any atom is 0.253 e. The van der Waals surface area contributed by atoms with Gasteiger partial charge in [0.2, 0.25) is 0 Å². The molecule has 0 atom stereocenters. The predicted molar refractivity (Wildman–Crippen MR) is 135 cm³/mol. The minimum absolute atomic E-state index is 0.000286. The molecule has 0 spiro atoms. The lowest BCUT2D eigenvalue weighted by molar-refractivity contribution is 0.0953. The summed E-state index contributed by atoms with van der Waals surface area (Å²) in [6.07, 6.45) is 9.06. The SMILES string of the molecule is COc1ccc(CCn2c(-c3csc(C)n3)cc(C(=O)NCCC3=CCCCC3)c2C)cc1. The zero-order valence-electron chi connectivity index (χ0n) is 19.8. The van der Waals surface area contributed by atoms with Crippen molar-refractivity contribution >= 4 is 17.2 Å². The highest BCUT2D eigenvalue weighted by Crippen LogP contribution is 2.28. The standard InChI is InChI=1S/C27H33N3O2S/c1-19-24(27(31)28-15-13-21-7-5-4-6-8-21)17-26(25-18-33-20(2)29-25)30(19)16-14-22-9-11-23(32-3)12-10-22/h7,9-12,17-18H,4-6,8,13-16H2,1-3H3,(H,28,31). The maximum absolute atomic E-state index is 13.1. The van der Waals surface area contributed by atoms with Crippen LogP contribution >= 0.6 is 11.3 Å². The van der Waals surface area contributed by atoms with Crippen LogP contribution in [0.5, 0.6) is 5.75 Å². The van der Waals surface area contributed by atoms with Gasteiger partial charge in [-0.2, -0.15) is 0 Å². The van der Waals surface area contributed by atoms with Crippen LogP contribution in [0.1, 0.15) is 58.7 Å². The van der Waals surface area contributed by atoms with Gasteiger partial charge in [-0.05, 0) is 76.1 Å². The number of nitrogens with zero attached hydrogens (tertiary/aromatic N) is 2. The molecule has 174 valence electrons. The van der Waals surface area contributed by atoms with Crippen molar-refractivity contribution in [3.05, 3.63) is 69.2 Å². The third-order valence-corrected chi connectivity index (χ3v) is 7.17. The number of aromatic nitrogens is 2. The van der Waals surface area contributed by atoms with Crippen LogP contribution in [-0.2, 0) is 13.0 Å². The first-order chi connectivity index (χ1) is 16.0. The summed E-state index contributed by atoms with van der Waals surface area (Å²) >= 11 is 1.63. The fraction of sp³-hybridized carbons (Fsp3) is 0.407. The van der Waals surface area contributed by atoms with Crippen LogP contribution < -0.4 is 10.1 Å². The number of thiazole rings is 1. The van der Waals surface area contributed by atoms with Crippen molar-refractivity contribution in [2.24, 2.45) is 0 Å². The van der Waals surface area contributed by atoms with Crippen LogP contribution in [0.4, 0.5) is 0 Å². The van der Waals surface area contributed by atoms with Gasteiger partial charge in [0.25, 0.3) is 5.91 Å². The van der Waals surface area contributed by atoms with E-state index in [1.165, 1.54) is 36.8 Å². The van der Waals surface area contributed by atoms with Crippen molar-refractivity contribution in [3.8, 4) is 17.1 Å². The van der Waals surface area contributed by atoms with Crippen LogP contribution in [-0.4, -0.2) is 29.1 Å². The molecule has 6 heteroatoms. The molecular weight excluding hydrogens is 430 g/mol. The molecule has 1 aromatic carbocycles. The lowest BCUT2D eigenvalue weighted by Crippen LogP contribution is -2.25. The molecule has 4 rings (SSSR count). The summed E-state index contributed by atoms with van der Waals surface area (Å²) in [6, 6.07) is 10.2. The number of carbonyl (C=O) groups is 1. The van der Waals surface area contributed by atoms with Gasteiger partial charge in [0.05, 0.1) is 29.1 Å². The number of rotatable bonds is 9. The summed E-state index contributed by atoms with van der Waals surface area (Å²) in [7, 11) is 1.68. The second-order valence-corrected chi connectivity index (χ2v) is 9.71. The minimum atomic E-state index is 0.000286. The Bertz CT molecular complexity index is 1120. The van der Waals surface area contributed by atoms with Crippen molar-refractivity contribution in [2.75, 3.05) is 13.7 Å². The Hall–Kier alpha value is -2.86. The van der Waals surface area contributed by atoms with Crippen molar-refractivity contribution in [1.29, 1.82) is 0 Å². The lowest BCUT2D eigenvalue weighted by atomic mass is 9.97. The number of hydrogen-bond donors (Lipinski definition) is 1. The van der Waals surface area contributed by atoms with Crippen molar-refractivity contribution in [3.63, 3.8) is 0 Å². The first-order valence-electron chi connectivity index (χ1n) is 11.8. The molecule has 1 aliphatic carbocycles. The van der Waals surface area contributed by atoms with Gasteiger partial charge in [-0.15, -0.1) is 11.3 Å². The molecule has 0 radical (unpaired) electrons. The number of allylic oxidation sites excluding steroid dienone is 1. The zero-order chi connectivity index (χ0) is 23.2. The third kappa shape index (κ3) is 5.74. The molecule has 0 saturated carbocycles. The summed E-state index contributed by atoms with van der Waals surface area (Å²) in [5, 5.41) is 6.25. The fourth-order valence-corrected chi connectivity index (χ4v) is 5.06. The van der Waals surface area contributed by atoms with E-state index in [-0.39, 0.29) is 5.91 Å². The lowest BCUT2D eigenvalue weighted by Gasteiger charge is -2.13. The zero-order valence-corrected chi connectivity index (χ0v) is 20.6. The number of benzene rings is 1. The minimum Gasteiger partial charge on any atom is -0.497 e. The molecule has 0 aliphatic heterocycles. The van der Waals surface area contributed by atoms with Crippen molar-refractivity contribution in [1.82, 2.24) is 14.9 Å². The largest absolute Gasteiger partial charge is 0.497 e. The number of carbonyl (C=O) groups excluding carboxylic acids is 1. The molecule has 0 saturated heterocycles. The molecule has 1 amide bonds. The van der Waals surface area contributed by atoms with E-state index in [1.54, 1.807) is 18.4 Å².